The van der Waals surface area contributed by atoms with E-state index < -0.39 is 10.0 Å². The van der Waals surface area contributed by atoms with E-state index in [0.29, 0.717) is 11.2 Å². The van der Waals surface area contributed by atoms with Gasteiger partial charge in [-0.15, -0.1) is 0 Å². The van der Waals surface area contributed by atoms with Crippen LogP contribution in [0.25, 0.3) is 21.7 Å². The molecule has 0 unspecified atom stereocenters. The molecule has 2 heterocycles. The summed E-state index contributed by atoms with van der Waals surface area (Å²) >= 11 is 0. The number of hydrogen-bond acceptors (Lipinski definition) is 5. The highest BCUT2D eigenvalue weighted by atomic mass is 32.2. The number of para-hydroxylation sites is 1. The van der Waals surface area contributed by atoms with E-state index in [9.17, 15) is 8.42 Å². The van der Waals surface area contributed by atoms with E-state index in [-0.39, 0.29) is 11.4 Å². The molecule has 1 saturated heterocycles. The van der Waals surface area contributed by atoms with Crippen LogP contribution < -0.4 is 9.62 Å². The molecule has 0 bridgehead atoms. The van der Waals surface area contributed by atoms with Crippen LogP contribution in [0.4, 0.5) is 5.82 Å². The molecule has 0 spiro atoms. The Hall–Kier alpha value is -3.03. The number of hydrogen-bond donors (Lipinski definition) is 1. The predicted molar refractivity (Wildman–Crippen MR) is 119 cm³/mol. The van der Waals surface area contributed by atoms with Gasteiger partial charge in [-0.3, -0.25) is 0 Å². The minimum Gasteiger partial charge on any atom is -0.356 e. The minimum absolute atomic E-state index is 0.0389. The lowest BCUT2D eigenvalue weighted by Crippen LogP contribution is -2.26. The summed E-state index contributed by atoms with van der Waals surface area (Å²) in [7, 11) is -3.71. The third-order valence-corrected chi connectivity index (χ3v) is 6.95. The normalized spacial score (nSPS) is 14.6. The second-order valence-electron chi connectivity index (χ2n) is 7.48. The maximum absolute atomic E-state index is 13.0. The van der Waals surface area contributed by atoms with Crippen molar-refractivity contribution < 1.29 is 8.42 Å². The van der Waals surface area contributed by atoms with E-state index in [0.717, 1.165) is 48.0 Å². The SMILES string of the molecule is O=S(=O)(NCc1nc(N2CCCC2)c2ccccc2n1)c1cccc2ccccc12. The number of fused-ring (bicyclic) bond motifs is 2. The van der Waals surface area contributed by atoms with Crippen LogP contribution in [0, 0.1) is 0 Å². The lowest BCUT2D eigenvalue weighted by Gasteiger charge is -2.19. The first-order chi connectivity index (χ1) is 14.6. The molecule has 0 radical (unpaired) electrons. The smallest absolute Gasteiger partial charge is 0.241 e. The maximum Gasteiger partial charge on any atom is 0.241 e. The Labute approximate surface area is 175 Å². The first-order valence-corrected chi connectivity index (χ1v) is 11.6. The molecule has 1 N–H and O–H groups in total. The van der Waals surface area contributed by atoms with Crippen molar-refractivity contribution in [3.8, 4) is 0 Å². The zero-order valence-corrected chi connectivity index (χ0v) is 17.3. The predicted octanol–water partition coefficient (Wildman–Crippen LogP) is 3.86. The second-order valence-corrected chi connectivity index (χ2v) is 9.21. The summed E-state index contributed by atoms with van der Waals surface area (Å²) in [5, 5.41) is 2.59. The summed E-state index contributed by atoms with van der Waals surface area (Å²) < 4.78 is 28.8. The van der Waals surface area contributed by atoms with Crippen molar-refractivity contribution in [2.24, 2.45) is 0 Å². The zero-order chi connectivity index (χ0) is 20.6. The molecule has 1 aromatic heterocycles. The Bertz CT molecular complexity index is 1330. The fraction of sp³-hybridized carbons (Fsp3) is 0.217. The molecule has 3 aromatic carbocycles. The summed E-state index contributed by atoms with van der Waals surface area (Å²) in [6, 6.07) is 20.6. The third-order valence-electron chi connectivity index (χ3n) is 5.49. The molecule has 152 valence electrons. The van der Waals surface area contributed by atoms with Gasteiger partial charge >= 0.3 is 0 Å². The fourth-order valence-electron chi connectivity index (χ4n) is 4.02. The van der Waals surface area contributed by atoms with Crippen LogP contribution in [0.5, 0.6) is 0 Å². The Balaban J connectivity index is 1.48. The molecule has 0 amide bonds. The van der Waals surface area contributed by atoms with Crippen LogP contribution in [-0.2, 0) is 16.6 Å². The van der Waals surface area contributed by atoms with E-state index in [1.54, 1.807) is 12.1 Å². The van der Waals surface area contributed by atoms with Crippen molar-refractivity contribution >= 4 is 37.5 Å². The Morgan fingerprint density at radius 1 is 0.833 bits per heavy atom. The van der Waals surface area contributed by atoms with Gasteiger partial charge in [-0.25, -0.2) is 23.1 Å². The quantitative estimate of drug-likeness (QED) is 0.533. The monoisotopic (exact) mass is 418 g/mol. The molecule has 7 heteroatoms. The first kappa shape index (κ1) is 19.0. The highest BCUT2D eigenvalue weighted by molar-refractivity contribution is 7.89. The number of nitrogens with zero attached hydrogens (tertiary/aromatic N) is 3. The molecular weight excluding hydrogens is 396 g/mol. The van der Waals surface area contributed by atoms with Gasteiger partial charge in [0.1, 0.15) is 11.6 Å². The second kappa shape index (κ2) is 7.66. The fourth-order valence-corrected chi connectivity index (χ4v) is 5.23. The average molecular weight is 419 g/mol. The molecule has 0 saturated carbocycles. The van der Waals surface area contributed by atoms with Crippen molar-refractivity contribution in [2.45, 2.75) is 24.3 Å². The van der Waals surface area contributed by atoms with Gasteiger partial charge in [0.2, 0.25) is 10.0 Å². The van der Waals surface area contributed by atoms with E-state index in [2.05, 4.69) is 14.6 Å². The summed E-state index contributed by atoms with van der Waals surface area (Å²) in [6.45, 7) is 1.96. The van der Waals surface area contributed by atoms with Crippen LogP contribution >= 0.6 is 0 Å². The van der Waals surface area contributed by atoms with Crippen LogP contribution in [0.3, 0.4) is 0 Å². The van der Waals surface area contributed by atoms with Gasteiger partial charge < -0.3 is 4.90 Å². The molecule has 1 fully saturated rings. The summed E-state index contributed by atoms with van der Waals surface area (Å²) in [6.07, 6.45) is 2.28. The molecule has 5 rings (SSSR count). The maximum atomic E-state index is 13.0. The van der Waals surface area contributed by atoms with Crippen LogP contribution in [0.15, 0.2) is 71.6 Å². The van der Waals surface area contributed by atoms with Crippen LogP contribution in [-0.4, -0.2) is 31.5 Å². The zero-order valence-electron chi connectivity index (χ0n) is 16.5. The van der Waals surface area contributed by atoms with E-state index in [4.69, 9.17) is 4.98 Å². The summed E-state index contributed by atoms with van der Waals surface area (Å²) in [5.41, 5.74) is 0.828. The van der Waals surface area contributed by atoms with Crippen molar-refractivity contribution in [1.29, 1.82) is 0 Å². The van der Waals surface area contributed by atoms with Crippen molar-refractivity contribution in [3.63, 3.8) is 0 Å². The standard InChI is InChI=1S/C23H22N4O2S/c28-30(29,21-13-7-9-17-8-1-2-10-18(17)21)24-16-22-25-20-12-4-3-11-19(20)23(26-22)27-14-5-6-15-27/h1-4,7-13,24H,5-6,14-16H2. The van der Waals surface area contributed by atoms with Gasteiger partial charge in [0.05, 0.1) is 17.0 Å². The number of anilines is 1. The molecule has 30 heavy (non-hydrogen) atoms. The molecule has 4 aromatic rings. The van der Waals surface area contributed by atoms with Crippen LogP contribution in [0.1, 0.15) is 18.7 Å². The number of aromatic nitrogens is 2. The Morgan fingerprint density at radius 3 is 2.37 bits per heavy atom. The number of nitrogens with one attached hydrogen (secondary N) is 1. The molecule has 1 aliphatic heterocycles. The van der Waals surface area contributed by atoms with Gasteiger partial charge in [0, 0.05) is 23.9 Å². The average Bonchev–Trinajstić information content (AvgIpc) is 3.31. The van der Waals surface area contributed by atoms with Crippen LogP contribution in [0.2, 0.25) is 0 Å². The lowest BCUT2D eigenvalue weighted by molar-refractivity contribution is 0.580. The lowest BCUT2D eigenvalue weighted by atomic mass is 10.1. The van der Waals surface area contributed by atoms with Gasteiger partial charge in [0.15, 0.2) is 0 Å². The summed E-state index contributed by atoms with van der Waals surface area (Å²) in [5.74, 6) is 1.36. The van der Waals surface area contributed by atoms with Crippen molar-refractivity contribution in [3.05, 3.63) is 72.6 Å². The van der Waals surface area contributed by atoms with Gasteiger partial charge in [-0.2, -0.15) is 0 Å². The minimum atomic E-state index is -3.71. The topological polar surface area (TPSA) is 75.2 Å². The van der Waals surface area contributed by atoms with E-state index >= 15 is 0 Å². The highest BCUT2D eigenvalue weighted by Crippen LogP contribution is 2.27. The Kier molecular flexibility index (Phi) is 4.84. The number of rotatable bonds is 5. The van der Waals surface area contributed by atoms with Crippen molar-refractivity contribution in [1.82, 2.24) is 14.7 Å². The third kappa shape index (κ3) is 3.51. The summed E-state index contributed by atoms with van der Waals surface area (Å²) in [4.78, 5) is 11.9. The molecule has 6 nitrogen and oxygen atoms in total. The molecule has 0 atom stereocenters. The Morgan fingerprint density at radius 2 is 1.53 bits per heavy atom. The van der Waals surface area contributed by atoms with E-state index in [1.807, 2.05) is 54.6 Å². The molecular formula is C23H22N4O2S. The number of sulfonamides is 1. The van der Waals surface area contributed by atoms with Crippen molar-refractivity contribution in [2.75, 3.05) is 18.0 Å². The first-order valence-electron chi connectivity index (χ1n) is 10.1. The molecule has 0 aliphatic carbocycles. The van der Waals surface area contributed by atoms with Gasteiger partial charge in [-0.05, 0) is 36.4 Å². The van der Waals surface area contributed by atoms with Gasteiger partial charge in [-0.1, -0.05) is 48.5 Å². The highest BCUT2D eigenvalue weighted by Gasteiger charge is 2.20. The largest absolute Gasteiger partial charge is 0.356 e. The molecule has 1 aliphatic rings. The number of benzene rings is 3. The van der Waals surface area contributed by atoms with Gasteiger partial charge in [0.25, 0.3) is 0 Å². The van der Waals surface area contributed by atoms with E-state index in [1.165, 1.54) is 0 Å².